The van der Waals surface area contributed by atoms with Crippen molar-refractivity contribution in [3.8, 4) is 0 Å². The Morgan fingerprint density at radius 1 is 1.69 bits per heavy atom. The summed E-state index contributed by atoms with van der Waals surface area (Å²) in [5.41, 5.74) is 0. The van der Waals surface area contributed by atoms with Crippen LogP contribution in [0.1, 0.15) is 38.1 Å². The Bertz CT molecular complexity index is 318. The molecule has 3 nitrogen and oxygen atoms in total. The third-order valence-electron chi connectivity index (χ3n) is 3.19. The molecule has 4 heteroatoms. The summed E-state index contributed by atoms with van der Waals surface area (Å²) in [6.07, 6.45) is 7.75. The van der Waals surface area contributed by atoms with Crippen LogP contribution in [0.3, 0.4) is 0 Å². The average Bonchev–Trinajstić information content (AvgIpc) is 2.92. The lowest BCUT2D eigenvalue weighted by atomic mass is 10.2. The molecule has 1 aliphatic heterocycles. The van der Waals surface area contributed by atoms with Crippen molar-refractivity contribution in [2.45, 2.75) is 37.5 Å². The lowest BCUT2D eigenvalue weighted by molar-refractivity contribution is 0.478. The van der Waals surface area contributed by atoms with Crippen molar-refractivity contribution in [3.63, 3.8) is 0 Å². The second-order valence-corrected chi connectivity index (χ2v) is 5.81. The number of hydrogen-bond donors (Lipinski definition) is 1. The van der Waals surface area contributed by atoms with E-state index >= 15 is 0 Å². The van der Waals surface area contributed by atoms with Gasteiger partial charge in [-0.1, -0.05) is 6.92 Å². The molecule has 1 aromatic heterocycles. The molecule has 2 atom stereocenters. The Labute approximate surface area is 102 Å². The smallest absolute Gasteiger partial charge is 0.125 e. The molecule has 0 aromatic carbocycles. The molecule has 1 saturated heterocycles. The molecule has 2 rings (SSSR count). The molecule has 1 aromatic rings. The topological polar surface area (TPSA) is 29.9 Å². The Morgan fingerprint density at radius 2 is 2.56 bits per heavy atom. The molecule has 2 heterocycles. The first-order valence-corrected chi connectivity index (χ1v) is 7.18. The maximum Gasteiger partial charge on any atom is 0.125 e. The number of rotatable bonds is 5. The summed E-state index contributed by atoms with van der Waals surface area (Å²) in [7, 11) is 2.07. The highest BCUT2D eigenvalue weighted by Gasteiger charge is 2.18. The van der Waals surface area contributed by atoms with E-state index in [9.17, 15) is 0 Å². The first-order valence-electron chi connectivity index (χ1n) is 6.13. The molecule has 0 radical (unpaired) electrons. The predicted molar refractivity (Wildman–Crippen MR) is 69.7 cm³/mol. The summed E-state index contributed by atoms with van der Waals surface area (Å²) in [4.78, 5) is 4.43. The van der Waals surface area contributed by atoms with Crippen molar-refractivity contribution >= 4 is 11.8 Å². The highest BCUT2D eigenvalue weighted by Crippen LogP contribution is 2.26. The van der Waals surface area contributed by atoms with E-state index in [-0.39, 0.29) is 0 Å². The van der Waals surface area contributed by atoms with E-state index in [1.807, 2.05) is 12.4 Å². The van der Waals surface area contributed by atoms with Gasteiger partial charge in [-0.05, 0) is 25.0 Å². The van der Waals surface area contributed by atoms with Gasteiger partial charge in [0, 0.05) is 31.2 Å². The Hall–Kier alpha value is -0.480. The van der Waals surface area contributed by atoms with Gasteiger partial charge in [-0.3, -0.25) is 0 Å². The average molecular weight is 239 g/mol. The summed E-state index contributed by atoms with van der Waals surface area (Å²) in [6, 6.07) is 0.404. The van der Waals surface area contributed by atoms with Crippen molar-refractivity contribution in [2.24, 2.45) is 7.05 Å². The highest BCUT2D eigenvalue weighted by atomic mass is 32.2. The molecule has 1 N–H and O–H groups in total. The summed E-state index contributed by atoms with van der Waals surface area (Å²) < 4.78 is 2.11. The van der Waals surface area contributed by atoms with Crippen LogP contribution in [0.15, 0.2) is 12.4 Å². The van der Waals surface area contributed by atoms with Crippen molar-refractivity contribution in [1.29, 1.82) is 0 Å². The van der Waals surface area contributed by atoms with Crippen molar-refractivity contribution < 1.29 is 0 Å². The maximum absolute atomic E-state index is 4.43. The lowest BCUT2D eigenvalue weighted by Gasteiger charge is -2.19. The van der Waals surface area contributed by atoms with E-state index < -0.39 is 0 Å². The van der Waals surface area contributed by atoms with Gasteiger partial charge in [-0.25, -0.2) is 4.98 Å². The number of nitrogens with one attached hydrogen (secondary N) is 1. The van der Waals surface area contributed by atoms with Crippen molar-refractivity contribution in [2.75, 3.05) is 12.3 Å². The van der Waals surface area contributed by atoms with Crippen LogP contribution in [0.4, 0.5) is 0 Å². The van der Waals surface area contributed by atoms with Crippen LogP contribution in [0.5, 0.6) is 0 Å². The molecule has 0 saturated carbocycles. The molecule has 0 bridgehead atoms. The summed E-state index contributed by atoms with van der Waals surface area (Å²) in [6.45, 7) is 3.34. The predicted octanol–water partition coefficient (Wildman–Crippen LogP) is 2.36. The fourth-order valence-corrected chi connectivity index (χ4v) is 3.42. The van der Waals surface area contributed by atoms with Crippen LogP contribution < -0.4 is 5.32 Å². The molecular weight excluding hydrogens is 218 g/mol. The number of aryl methyl sites for hydroxylation is 1. The van der Waals surface area contributed by atoms with E-state index in [0.717, 1.165) is 24.0 Å². The van der Waals surface area contributed by atoms with E-state index in [4.69, 9.17) is 0 Å². The number of thioether (sulfide) groups is 1. The molecule has 1 aliphatic rings. The Balaban J connectivity index is 1.88. The zero-order chi connectivity index (χ0) is 11.4. The van der Waals surface area contributed by atoms with Crippen LogP contribution in [0.25, 0.3) is 0 Å². The molecular formula is C12H21N3S. The second-order valence-electron chi connectivity index (χ2n) is 4.40. The fraction of sp³-hybridized carbons (Fsp3) is 0.750. The normalized spacial score (nSPS) is 22.5. The van der Waals surface area contributed by atoms with E-state index in [0.29, 0.717) is 6.04 Å². The molecule has 16 heavy (non-hydrogen) atoms. The second kappa shape index (κ2) is 5.73. The first kappa shape index (κ1) is 12.0. The molecule has 2 unspecified atom stereocenters. The monoisotopic (exact) mass is 239 g/mol. The molecule has 0 amide bonds. The van der Waals surface area contributed by atoms with Gasteiger partial charge in [0.05, 0.1) is 6.04 Å². The number of nitrogens with zero attached hydrogens (tertiary/aromatic N) is 2. The largest absolute Gasteiger partial charge is 0.337 e. The van der Waals surface area contributed by atoms with E-state index in [1.54, 1.807) is 0 Å². The minimum atomic E-state index is 0.404. The number of aromatic nitrogens is 2. The van der Waals surface area contributed by atoms with Crippen molar-refractivity contribution in [1.82, 2.24) is 14.9 Å². The first-order chi connectivity index (χ1) is 7.81. The van der Waals surface area contributed by atoms with Gasteiger partial charge >= 0.3 is 0 Å². The van der Waals surface area contributed by atoms with E-state index in [2.05, 4.69) is 40.6 Å². The van der Waals surface area contributed by atoms with Gasteiger partial charge in [0.15, 0.2) is 0 Å². The Morgan fingerprint density at radius 3 is 3.12 bits per heavy atom. The summed E-state index contributed by atoms with van der Waals surface area (Å²) >= 11 is 2.11. The van der Waals surface area contributed by atoms with Crippen LogP contribution in [0, 0.1) is 0 Å². The van der Waals surface area contributed by atoms with Gasteiger partial charge in [0.1, 0.15) is 5.82 Å². The van der Waals surface area contributed by atoms with Crippen LogP contribution in [-0.4, -0.2) is 27.1 Å². The maximum atomic E-state index is 4.43. The van der Waals surface area contributed by atoms with Gasteiger partial charge in [0.2, 0.25) is 0 Å². The Kier molecular flexibility index (Phi) is 4.29. The minimum Gasteiger partial charge on any atom is -0.337 e. The van der Waals surface area contributed by atoms with Crippen LogP contribution >= 0.6 is 11.8 Å². The lowest BCUT2D eigenvalue weighted by Crippen LogP contribution is -2.29. The molecule has 0 aliphatic carbocycles. The van der Waals surface area contributed by atoms with Gasteiger partial charge in [0.25, 0.3) is 0 Å². The molecule has 90 valence electrons. The molecule has 0 spiro atoms. The number of imidazole rings is 1. The van der Waals surface area contributed by atoms with Crippen LogP contribution in [0.2, 0.25) is 0 Å². The van der Waals surface area contributed by atoms with Gasteiger partial charge in [-0.15, -0.1) is 0 Å². The highest BCUT2D eigenvalue weighted by molar-refractivity contribution is 8.00. The third-order valence-corrected chi connectivity index (χ3v) is 4.59. The zero-order valence-corrected chi connectivity index (χ0v) is 11.0. The summed E-state index contributed by atoms with van der Waals surface area (Å²) in [5, 5.41) is 4.46. The quantitative estimate of drug-likeness (QED) is 0.855. The molecule has 1 fully saturated rings. The summed E-state index contributed by atoms with van der Waals surface area (Å²) in [5.74, 6) is 2.50. The van der Waals surface area contributed by atoms with Gasteiger partial charge in [-0.2, -0.15) is 11.8 Å². The van der Waals surface area contributed by atoms with Crippen molar-refractivity contribution in [3.05, 3.63) is 18.2 Å². The van der Waals surface area contributed by atoms with E-state index in [1.165, 1.54) is 18.6 Å². The van der Waals surface area contributed by atoms with Crippen LogP contribution in [-0.2, 0) is 7.05 Å². The SMILES string of the molecule is CCC(NCC1CCCS1)c1nccn1C. The zero-order valence-electron chi connectivity index (χ0n) is 10.1. The minimum absolute atomic E-state index is 0.404. The number of hydrogen-bond acceptors (Lipinski definition) is 3. The third kappa shape index (κ3) is 2.80. The standard InChI is InChI=1S/C12H21N3S/c1-3-11(12-13-6-7-15(12)2)14-9-10-5-4-8-16-10/h6-7,10-11,14H,3-5,8-9H2,1-2H3. The van der Waals surface area contributed by atoms with Gasteiger partial charge < -0.3 is 9.88 Å². The fourth-order valence-electron chi connectivity index (χ4n) is 2.21.